The molecule has 4 rings (SSSR count). The molecule has 1 aromatic rings. The van der Waals surface area contributed by atoms with Gasteiger partial charge in [0.2, 0.25) is 0 Å². The summed E-state index contributed by atoms with van der Waals surface area (Å²) in [4.78, 5) is 0. The lowest BCUT2D eigenvalue weighted by Crippen LogP contribution is -2.28. The molecule has 0 aromatic heterocycles. The highest BCUT2D eigenvalue weighted by atomic mass is 14.6. The molecule has 0 nitrogen and oxygen atoms in total. The Morgan fingerprint density at radius 1 is 0.941 bits per heavy atom. The van der Waals surface area contributed by atoms with Crippen molar-refractivity contribution >= 4 is 0 Å². The van der Waals surface area contributed by atoms with Crippen molar-refractivity contribution in [2.75, 3.05) is 0 Å². The summed E-state index contributed by atoms with van der Waals surface area (Å²) in [6.07, 6.45) is 6.35. The summed E-state index contributed by atoms with van der Waals surface area (Å²) >= 11 is 0. The van der Waals surface area contributed by atoms with E-state index in [0.29, 0.717) is 0 Å². The summed E-state index contributed by atoms with van der Waals surface area (Å²) in [7, 11) is 0. The first-order valence-electron chi connectivity index (χ1n) is 6.88. The van der Waals surface area contributed by atoms with Gasteiger partial charge in [0.1, 0.15) is 0 Å². The lowest BCUT2D eigenvalue weighted by atomic mass is 9.62. The van der Waals surface area contributed by atoms with Crippen LogP contribution in [0.2, 0.25) is 0 Å². The van der Waals surface area contributed by atoms with Gasteiger partial charge in [0, 0.05) is 0 Å². The Morgan fingerprint density at radius 2 is 1.59 bits per heavy atom. The molecule has 4 atom stereocenters. The molecule has 0 heteroatoms. The van der Waals surface area contributed by atoms with Gasteiger partial charge in [0.05, 0.1) is 0 Å². The molecule has 1 fully saturated rings. The molecule has 0 aliphatic heterocycles. The fraction of sp³-hybridized carbons (Fsp3) is 0.529. The van der Waals surface area contributed by atoms with Crippen LogP contribution in [0.1, 0.15) is 55.7 Å². The summed E-state index contributed by atoms with van der Waals surface area (Å²) in [6.45, 7) is 6.93. The standard InChI is InChI=1S/C17H20/c1-17(2,3)12-6-7-13-14(9-12)16-11-5-4-10(8-11)15(13)16/h4-7,9-11,15-16H,8H2,1-3H3. The van der Waals surface area contributed by atoms with Gasteiger partial charge in [-0.2, -0.15) is 0 Å². The summed E-state index contributed by atoms with van der Waals surface area (Å²) < 4.78 is 0. The minimum Gasteiger partial charge on any atom is -0.0845 e. The normalized spacial score (nSPS) is 36.6. The Balaban J connectivity index is 1.80. The highest BCUT2D eigenvalue weighted by Crippen LogP contribution is 2.65. The third-order valence-electron chi connectivity index (χ3n) is 5.13. The van der Waals surface area contributed by atoms with Crippen LogP contribution < -0.4 is 0 Å². The van der Waals surface area contributed by atoms with E-state index in [4.69, 9.17) is 0 Å². The van der Waals surface area contributed by atoms with Crippen molar-refractivity contribution in [1.82, 2.24) is 0 Å². The lowest BCUT2D eigenvalue weighted by molar-refractivity contribution is 0.441. The molecule has 0 heterocycles. The first kappa shape index (κ1) is 9.94. The fourth-order valence-electron chi connectivity index (χ4n) is 4.21. The molecule has 17 heavy (non-hydrogen) atoms. The molecule has 1 aromatic carbocycles. The van der Waals surface area contributed by atoms with Crippen LogP contribution in [0, 0.1) is 11.8 Å². The minimum absolute atomic E-state index is 0.285. The summed E-state index contributed by atoms with van der Waals surface area (Å²) in [5.41, 5.74) is 5.11. The Labute approximate surface area is 104 Å². The molecule has 0 spiro atoms. The van der Waals surface area contributed by atoms with E-state index < -0.39 is 0 Å². The molecule has 3 aliphatic carbocycles. The maximum absolute atomic E-state index is 2.49. The average Bonchev–Trinajstić information content (AvgIpc) is 2.79. The van der Waals surface area contributed by atoms with Crippen molar-refractivity contribution in [2.45, 2.75) is 44.4 Å². The number of benzene rings is 1. The van der Waals surface area contributed by atoms with E-state index in [1.807, 2.05) is 0 Å². The van der Waals surface area contributed by atoms with Crippen LogP contribution in [0.4, 0.5) is 0 Å². The predicted octanol–water partition coefficient (Wildman–Crippen LogP) is 4.37. The molecular formula is C17H20. The van der Waals surface area contributed by atoms with E-state index in [0.717, 1.165) is 23.7 Å². The van der Waals surface area contributed by atoms with Gasteiger partial charge >= 0.3 is 0 Å². The maximum Gasteiger partial charge on any atom is -0.00212 e. The molecule has 0 radical (unpaired) electrons. The van der Waals surface area contributed by atoms with E-state index in [1.54, 1.807) is 11.1 Å². The number of fused-ring (bicyclic) bond motifs is 8. The number of allylic oxidation sites excluding steroid dienone is 2. The van der Waals surface area contributed by atoms with Crippen LogP contribution in [-0.2, 0) is 5.41 Å². The zero-order valence-electron chi connectivity index (χ0n) is 10.9. The monoisotopic (exact) mass is 224 g/mol. The molecule has 0 N–H and O–H groups in total. The molecule has 0 saturated heterocycles. The first-order chi connectivity index (χ1) is 8.05. The summed E-state index contributed by atoms with van der Waals surface area (Å²) in [6, 6.07) is 7.25. The van der Waals surface area contributed by atoms with Crippen LogP contribution in [0.3, 0.4) is 0 Å². The first-order valence-corrected chi connectivity index (χ1v) is 6.88. The highest BCUT2D eigenvalue weighted by Gasteiger charge is 2.53. The van der Waals surface area contributed by atoms with Crippen molar-refractivity contribution in [3.05, 3.63) is 47.0 Å². The van der Waals surface area contributed by atoms with Gasteiger partial charge in [0.25, 0.3) is 0 Å². The maximum atomic E-state index is 2.49. The van der Waals surface area contributed by atoms with E-state index in [1.165, 1.54) is 12.0 Å². The average molecular weight is 224 g/mol. The Morgan fingerprint density at radius 3 is 2.24 bits per heavy atom. The van der Waals surface area contributed by atoms with Gasteiger partial charge in [0.15, 0.2) is 0 Å². The van der Waals surface area contributed by atoms with Gasteiger partial charge in [-0.3, -0.25) is 0 Å². The van der Waals surface area contributed by atoms with Crippen molar-refractivity contribution in [3.63, 3.8) is 0 Å². The third-order valence-corrected chi connectivity index (χ3v) is 5.13. The largest absolute Gasteiger partial charge is 0.0845 e. The van der Waals surface area contributed by atoms with Gasteiger partial charge in [-0.15, -0.1) is 0 Å². The minimum atomic E-state index is 0.285. The van der Waals surface area contributed by atoms with E-state index in [-0.39, 0.29) is 5.41 Å². The van der Waals surface area contributed by atoms with Crippen molar-refractivity contribution < 1.29 is 0 Å². The number of hydrogen-bond acceptors (Lipinski definition) is 0. The second kappa shape index (κ2) is 2.85. The van der Waals surface area contributed by atoms with Gasteiger partial charge in [-0.05, 0) is 52.2 Å². The molecule has 3 aliphatic rings. The summed E-state index contributed by atoms with van der Waals surface area (Å²) in [5, 5.41) is 0. The van der Waals surface area contributed by atoms with Crippen LogP contribution in [0.15, 0.2) is 30.4 Å². The fourth-order valence-corrected chi connectivity index (χ4v) is 4.21. The number of hydrogen-bond donors (Lipinski definition) is 0. The smallest absolute Gasteiger partial charge is 0.00212 e. The second-order valence-electron chi connectivity index (χ2n) is 7.09. The van der Waals surface area contributed by atoms with Gasteiger partial charge in [-0.25, -0.2) is 0 Å². The summed E-state index contributed by atoms with van der Waals surface area (Å²) in [5.74, 6) is 3.45. The second-order valence-corrected chi connectivity index (χ2v) is 7.09. The quantitative estimate of drug-likeness (QED) is 0.574. The van der Waals surface area contributed by atoms with Crippen LogP contribution >= 0.6 is 0 Å². The van der Waals surface area contributed by atoms with Crippen molar-refractivity contribution in [3.8, 4) is 0 Å². The van der Waals surface area contributed by atoms with Crippen LogP contribution in [0.25, 0.3) is 0 Å². The molecule has 0 amide bonds. The highest BCUT2D eigenvalue weighted by molar-refractivity contribution is 5.53. The van der Waals surface area contributed by atoms with E-state index in [2.05, 4.69) is 51.1 Å². The van der Waals surface area contributed by atoms with E-state index in [9.17, 15) is 0 Å². The molecule has 88 valence electrons. The molecule has 4 unspecified atom stereocenters. The van der Waals surface area contributed by atoms with Crippen LogP contribution in [0.5, 0.6) is 0 Å². The predicted molar refractivity (Wildman–Crippen MR) is 71.4 cm³/mol. The topological polar surface area (TPSA) is 0 Å². The van der Waals surface area contributed by atoms with Crippen LogP contribution in [-0.4, -0.2) is 0 Å². The third kappa shape index (κ3) is 1.14. The van der Waals surface area contributed by atoms with Crippen molar-refractivity contribution in [1.29, 1.82) is 0 Å². The Bertz CT molecular complexity index is 515. The Hall–Kier alpha value is -1.04. The molecule has 1 saturated carbocycles. The lowest BCUT2D eigenvalue weighted by Gasteiger charge is -2.41. The van der Waals surface area contributed by atoms with Gasteiger partial charge in [-0.1, -0.05) is 51.1 Å². The molecule has 2 bridgehead atoms. The Kier molecular flexibility index (Phi) is 1.67. The van der Waals surface area contributed by atoms with Gasteiger partial charge < -0.3 is 0 Å². The van der Waals surface area contributed by atoms with E-state index >= 15 is 0 Å². The number of rotatable bonds is 0. The molecular weight excluding hydrogens is 204 g/mol. The zero-order chi connectivity index (χ0) is 11.8. The zero-order valence-corrected chi connectivity index (χ0v) is 10.9. The van der Waals surface area contributed by atoms with Crippen molar-refractivity contribution in [2.24, 2.45) is 11.8 Å². The SMILES string of the molecule is CC(C)(C)c1ccc2c(c1)C1C3C=CC(C3)C21.